The molecule has 0 amide bonds. The minimum atomic E-state index is -4.38. The molecule has 7 heteroatoms. The lowest BCUT2D eigenvalue weighted by molar-refractivity contribution is -0.137. The van der Waals surface area contributed by atoms with Crippen LogP contribution in [0.1, 0.15) is 11.1 Å². The Morgan fingerprint density at radius 2 is 2.16 bits per heavy atom. The SMILES string of the molecule is N=c1sc2cc(C(F)(F)F)cc3c2n1CC(CO)C3. The van der Waals surface area contributed by atoms with Gasteiger partial charge in [-0.1, -0.05) is 11.3 Å². The number of aliphatic hydroxyl groups excluding tert-OH is 1. The first-order valence-electron chi connectivity index (χ1n) is 5.79. The van der Waals surface area contributed by atoms with Crippen molar-refractivity contribution in [3.63, 3.8) is 0 Å². The lowest BCUT2D eigenvalue weighted by Crippen LogP contribution is -2.27. The highest BCUT2D eigenvalue weighted by Gasteiger charge is 2.33. The molecule has 0 aliphatic carbocycles. The maximum absolute atomic E-state index is 12.8. The van der Waals surface area contributed by atoms with E-state index in [4.69, 9.17) is 5.41 Å². The van der Waals surface area contributed by atoms with Crippen LogP contribution >= 0.6 is 11.3 Å². The van der Waals surface area contributed by atoms with E-state index in [9.17, 15) is 18.3 Å². The number of alkyl halides is 3. The third kappa shape index (κ3) is 1.97. The number of rotatable bonds is 1. The second-order valence-electron chi connectivity index (χ2n) is 4.75. The van der Waals surface area contributed by atoms with Crippen LogP contribution in [-0.2, 0) is 19.1 Å². The number of aromatic nitrogens is 1. The molecule has 0 spiro atoms. The van der Waals surface area contributed by atoms with Crippen molar-refractivity contribution in [1.82, 2.24) is 4.57 Å². The summed E-state index contributed by atoms with van der Waals surface area (Å²) in [5, 5.41) is 17.1. The number of aliphatic hydroxyl groups is 1. The van der Waals surface area contributed by atoms with E-state index in [-0.39, 0.29) is 17.3 Å². The van der Waals surface area contributed by atoms with Crippen molar-refractivity contribution in [3.8, 4) is 0 Å². The molecule has 1 unspecified atom stereocenters. The highest BCUT2D eigenvalue weighted by Crippen LogP contribution is 2.36. The highest BCUT2D eigenvalue weighted by atomic mass is 32.1. The van der Waals surface area contributed by atoms with Crippen LogP contribution in [0.2, 0.25) is 0 Å². The van der Waals surface area contributed by atoms with Crippen LogP contribution in [0.25, 0.3) is 10.2 Å². The van der Waals surface area contributed by atoms with Gasteiger partial charge in [-0.2, -0.15) is 13.2 Å². The first-order chi connectivity index (χ1) is 8.90. The predicted molar refractivity (Wildman–Crippen MR) is 65.0 cm³/mol. The molecular weight excluding hydrogens is 277 g/mol. The summed E-state index contributed by atoms with van der Waals surface area (Å²) in [4.78, 5) is 0.230. The summed E-state index contributed by atoms with van der Waals surface area (Å²) in [5.74, 6) is -0.122. The third-order valence-corrected chi connectivity index (χ3v) is 4.36. The number of benzene rings is 1. The van der Waals surface area contributed by atoms with E-state index < -0.39 is 11.7 Å². The van der Waals surface area contributed by atoms with Gasteiger partial charge in [0.05, 0.1) is 15.8 Å². The molecular formula is C12H11F3N2OS. The van der Waals surface area contributed by atoms with Crippen molar-refractivity contribution in [3.05, 3.63) is 28.1 Å². The van der Waals surface area contributed by atoms with Crippen molar-refractivity contribution in [2.45, 2.75) is 19.1 Å². The van der Waals surface area contributed by atoms with Crippen LogP contribution in [-0.4, -0.2) is 16.3 Å². The summed E-state index contributed by atoms with van der Waals surface area (Å²) in [6.07, 6.45) is -3.96. The van der Waals surface area contributed by atoms with Crippen molar-refractivity contribution in [2.24, 2.45) is 5.92 Å². The number of thiazole rings is 1. The van der Waals surface area contributed by atoms with Gasteiger partial charge in [-0.05, 0) is 24.1 Å². The number of hydrogen-bond donors (Lipinski definition) is 2. The highest BCUT2D eigenvalue weighted by molar-refractivity contribution is 7.16. The molecule has 1 aromatic carbocycles. The smallest absolute Gasteiger partial charge is 0.396 e. The monoisotopic (exact) mass is 288 g/mol. The topological polar surface area (TPSA) is 49.0 Å². The number of nitrogens with zero attached hydrogens (tertiary/aromatic N) is 1. The van der Waals surface area contributed by atoms with E-state index in [0.29, 0.717) is 28.7 Å². The van der Waals surface area contributed by atoms with Crippen LogP contribution in [0.3, 0.4) is 0 Å². The summed E-state index contributed by atoms with van der Waals surface area (Å²) in [6, 6.07) is 2.25. The quantitative estimate of drug-likeness (QED) is 0.831. The maximum Gasteiger partial charge on any atom is 0.416 e. The van der Waals surface area contributed by atoms with Crippen LogP contribution in [0.15, 0.2) is 12.1 Å². The molecule has 1 aliphatic rings. The van der Waals surface area contributed by atoms with E-state index >= 15 is 0 Å². The predicted octanol–water partition coefficient (Wildman–Crippen LogP) is 2.37. The van der Waals surface area contributed by atoms with E-state index in [2.05, 4.69) is 0 Å². The van der Waals surface area contributed by atoms with Crippen LogP contribution in [0, 0.1) is 11.3 Å². The molecule has 19 heavy (non-hydrogen) atoms. The van der Waals surface area contributed by atoms with Crippen molar-refractivity contribution >= 4 is 21.6 Å². The summed E-state index contributed by atoms with van der Waals surface area (Å²) in [7, 11) is 0. The molecule has 0 radical (unpaired) electrons. The van der Waals surface area contributed by atoms with Gasteiger partial charge in [0.1, 0.15) is 0 Å². The largest absolute Gasteiger partial charge is 0.416 e. The molecule has 0 saturated carbocycles. The van der Waals surface area contributed by atoms with Gasteiger partial charge in [0.15, 0.2) is 4.80 Å². The Hall–Kier alpha value is -1.34. The minimum absolute atomic E-state index is 0.0839. The fraction of sp³-hybridized carbons (Fsp3) is 0.417. The Balaban J connectivity index is 2.29. The third-order valence-electron chi connectivity index (χ3n) is 3.41. The minimum Gasteiger partial charge on any atom is -0.396 e. The zero-order valence-electron chi connectivity index (χ0n) is 9.79. The zero-order chi connectivity index (χ0) is 13.8. The fourth-order valence-corrected chi connectivity index (χ4v) is 3.57. The van der Waals surface area contributed by atoms with Crippen LogP contribution in [0.4, 0.5) is 13.2 Å². The number of hydrogen-bond acceptors (Lipinski definition) is 3. The molecule has 2 N–H and O–H groups in total. The summed E-state index contributed by atoms with van der Waals surface area (Å²) in [5.41, 5.74) is 0.611. The molecule has 0 fully saturated rings. The fourth-order valence-electron chi connectivity index (χ4n) is 2.56. The first-order valence-corrected chi connectivity index (χ1v) is 6.60. The van der Waals surface area contributed by atoms with Gasteiger partial charge in [-0.25, -0.2) is 0 Å². The Morgan fingerprint density at radius 3 is 2.79 bits per heavy atom. The van der Waals surface area contributed by atoms with Crippen LogP contribution in [0.5, 0.6) is 0 Å². The van der Waals surface area contributed by atoms with E-state index in [1.165, 1.54) is 0 Å². The van der Waals surface area contributed by atoms with Gasteiger partial charge in [-0.3, -0.25) is 5.41 Å². The Labute approximate surface area is 110 Å². The van der Waals surface area contributed by atoms with Crippen molar-refractivity contribution in [1.29, 1.82) is 5.41 Å². The molecule has 2 aromatic rings. The molecule has 1 atom stereocenters. The maximum atomic E-state index is 12.8. The van der Waals surface area contributed by atoms with Crippen LogP contribution < -0.4 is 4.80 Å². The first kappa shape index (κ1) is 12.7. The van der Waals surface area contributed by atoms with Gasteiger partial charge in [0.25, 0.3) is 0 Å². The summed E-state index contributed by atoms with van der Waals surface area (Å²) < 4.78 is 40.7. The lowest BCUT2D eigenvalue weighted by atomic mass is 9.94. The zero-order valence-corrected chi connectivity index (χ0v) is 10.6. The average molecular weight is 288 g/mol. The van der Waals surface area contributed by atoms with Crippen molar-refractivity contribution < 1.29 is 18.3 Å². The molecule has 1 aliphatic heterocycles. The summed E-state index contributed by atoms with van der Waals surface area (Å²) >= 11 is 1.05. The van der Waals surface area contributed by atoms with E-state index in [1.807, 2.05) is 0 Å². The molecule has 1 aromatic heterocycles. The van der Waals surface area contributed by atoms with Gasteiger partial charge < -0.3 is 9.67 Å². The second-order valence-corrected chi connectivity index (χ2v) is 5.78. The van der Waals surface area contributed by atoms with E-state index in [0.717, 1.165) is 23.5 Å². The number of halogens is 3. The molecule has 3 rings (SSSR count). The molecule has 0 saturated heterocycles. The summed E-state index contributed by atoms with van der Waals surface area (Å²) in [6.45, 7) is 0.410. The van der Waals surface area contributed by atoms with Gasteiger partial charge in [0, 0.05) is 19.1 Å². The molecule has 2 heterocycles. The molecule has 102 valence electrons. The van der Waals surface area contributed by atoms with Gasteiger partial charge >= 0.3 is 6.18 Å². The Bertz CT molecular complexity index is 701. The van der Waals surface area contributed by atoms with Crippen molar-refractivity contribution in [2.75, 3.05) is 6.61 Å². The normalized spacial score (nSPS) is 19.1. The number of nitrogens with one attached hydrogen (secondary N) is 1. The van der Waals surface area contributed by atoms with E-state index in [1.54, 1.807) is 4.57 Å². The second kappa shape index (κ2) is 4.08. The molecule has 3 nitrogen and oxygen atoms in total. The average Bonchev–Trinajstić information content (AvgIpc) is 2.66. The Morgan fingerprint density at radius 1 is 1.42 bits per heavy atom. The van der Waals surface area contributed by atoms with Gasteiger partial charge in [-0.15, -0.1) is 0 Å². The Kier molecular flexibility index (Phi) is 2.72. The molecule has 0 bridgehead atoms. The lowest BCUT2D eigenvalue weighted by Gasteiger charge is -2.23. The standard InChI is InChI=1S/C12H11F3N2OS/c13-12(14,15)8-2-7-1-6(5-18)4-17-10(7)9(3-8)19-11(17)16/h2-3,6,16,18H,1,4-5H2. The van der Waals surface area contributed by atoms with Gasteiger partial charge in [0.2, 0.25) is 0 Å².